The van der Waals surface area contributed by atoms with Crippen molar-refractivity contribution in [3.63, 3.8) is 0 Å². The Morgan fingerprint density at radius 2 is 1.79 bits per heavy atom. The van der Waals surface area contributed by atoms with Crippen LogP contribution in [0.3, 0.4) is 0 Å². The molecule has 4 heteroatoms. The molecule has 0 amide bonds. The van der Waals surface area contributed by atoms with Crippen LogP contribution in [0.4, 0.5) is 0 Å². The maximum Gasteiger partial charge on any atom is 0.336 e. The summed E-state index contributed by atoms with van der Waals surface area (Å²) < 4.78 is 17.3. The zero-order valence-electron chi connectivity index (χ0n) is 16.9. The lowest BCUT2D eigenvalue weighted by molar-refractivity contribution is 0.300. The van der Waals surface area contributed by atoms with Gasteiger partial charge in [0.25, 0.3) is 0 Å². The van der Waals surface area contributed by atoms with Gasteiger partial charge >= 0.3 is 5.63 Å². The van der Waals surface area contributed by atoms with Crippen molar-refractivity contribution in [2.75, 3.05) is 13.2 Å². The SMILES string of the molecule is C=C/C=C\C=C(/C)COc1cc2ccc(=O)oc2cc1OCC(/C=C\C)=C/C=C. The van der Waals surface area contributed by atoms with Gasteiger partial charge in [0.05, 0.1) is 0 Å². The third kappa shape index (κ3) is 6.85. The van der Waals surface area contributed by atoms with E-state index in [-0.39, 0.29) is 0 Å². The lowest BCUT2D eigenvalue weighted by atomic mass is 10.2. The lowest BCUT2D eigenvalue weighted by Gasteiger charge is -2.14. The lowest BCUT2D eigenvalue weighted by Crippen LogP contribution is -2.05. The summed E-state index contributed by atoms with van der Waals surface area (Å²) in [5, 5.41) is 0.760. The van der Waals surface area contributed by atoms with Crippen LogP contribution in [0.25, 0.3) is 11.0 Å². The highest BCUT2D eigenvalue weighted by atomic mass is 16.5. The van der Waals surface area contributed by atoms with E-state index in [1.165, 1.54) is 6.07 Å². The molecular formula is C25H26O4. The molecule has 0 bridgehead atoms. The molecule has 0 aliphatic rings. The molecule has 1 aromatic heterocycles. The highest BCUT2D eigenvalue weighted by Crippen LogP contribution is 2.33. The van der Waals surface area contributed by atoms with Crippen LogP contribution in [-0.4, -0.2) is 13.2 Å². The van der Waals surface area contributed by atoms with E-state index in [1.54, 1.807) is 24.3 Å². The van der Waals surface area contributed by atoms with E-state index < -0.39 is 5.63 Å². The van der Waals surface area contributed by atoms with Crippen molar-refractivity contribution < 1.29 is 13.9 Å². The van der Waals surface area contributed by atoms with E-state index in [0.29, 0.717) is 30.3 Å². The normalized spacial score (nSPS) is 12.6. The van der Waals surface area contributed by atoms with Gasteiger partial charge < -0.3 is 13.9 Å². The van der Waals surface area contributed by atoms with Crippen LogP contribution in [0, 0.1) is 0 Å². The predicted molar refractivity (Wildman–Crippen MR) is 120 cm³/mol. The summed E-state index contributed by atoms with van der Waals surface area (Å²) in [7, 11) is 0. The van der Waals surface area contributed by atoms with E-state index in [0.717, 1.165) is 16.5 Å². The average molecular weight is 390 g/mol. The molecule has 0 N–H and O–H groups in total. The molecule has 1 heterocycles. The largest absolute Gasteiger partial charge is 0.485 e. The Hall–Kier alpha value is -3.53. The summed E-state index contributed by atoms with van der Waals surface area (Å²) in [6.45, 7) is 12.0. The number of benzene rings is 1. The molecule has 0 saturated heterocycles. The van der Waals surface area contributed by atoms with E-state index in [4.69, 9.17) is 13.9 Å². The minimum absolute atomic E-state index is 0.326. The van der Waals surface area contributed by atoms with Crippen molar-refractivity contribution in [2.45, 2.75) is 13.8 Å². The molecule has 0 aliphatic carbocycles. The molecule has 29 heavy (non-hydrogen) atoms. The number of fused-ring (bicyclic) bond motifs is 1. The zero-order valence-corrected chi connectivity index (χ0v) is 16.9. The van der Waals surface area contributed by atoms with Crippen molar-refractivity contribution in [1.82, 2.24) is 0 Å². The van der Waals surface area contributed by atoms with Gasteiger partial charge in [-0.05, 0) is 37.1 Å². The monoisotopic (exact) mass is 390 g/mol. The number of hydrogen-bond donors (Lipinski definition) is 0. The predicted octanol–water partition coefficient (Wildman–Crippen LogP) is 5.93. The maximum absolute atomic E-state index is 11.6. The summed E-state index contributed by atoms with van der Waals surface area (Å²) >= 11 is 0. The van der Waals surface area contributed by atoms with Crippen LogP contribution in [0.5, 0.6) is 11.5 Å². The molecule has 150 valence electrons. The maximum atomic E-state index is 11.6. The van der Waals surface area contributed by atoms with Crippen LogP contribution < -0.4 is 15.1 Å². The topological polar surface area (TPSA) is 48.7 Å². The Morgan fingerprint density at radius 1 is 1.03 bits per heavy atom. The zero-order chi connectivity index (χ0) is 21.1. The van der Waals surface area contributed by atoms with E-state index in [2.05, 4.69) is 13.2 Å². The Labute approximate surface area is 171 Å². The Balaban J connectivity index is 2.32. The fourth-order valence-corrected chi connectivity index (χ4v) is 2.52. The Kier molecular flexibility index (Phi) is 8.51. The van der Waals surface area contributed by atoms with Crippen molar-refractivity contribution in [3.05, 3.63) is 108 Å². The molecular weight excluding hydrogens is 364 g/mol. The van der Waals surface area contributed by atoms with Gasteiger partial charge in [-0.25, -0.2) is 4.79 Å². The average Bonchev–Trinajstić information content (AvgIpc) is 2.70. The summed E-state index contributed by atoms with van der Waals surface area (Å²) in [4.78, 5) is 11.6. The second-order valence-electron chi connectivity index (χ2n) is 6.28. The first-order chi connectivity index (χ1) is 14.1. The highest BCUT2D eigenvalue weighted by Gasteiger charge is 2.11. The summed E-state index contributed by atoms with van der Waals surface area (Å²) in [5.74, 6) is 1.07. The van der Waals surface area contributed by atoms with E-state index in [1.807, 2.05) is 56.4 Å². The summed E-state index contributed by atoms with van der Waals surface area (Å²) in [6, 6.07) is 6.59. The number of rotatable bonds is 10. The first kappa shape index (κ1) is 21.8. The van der Waals surface area contributed by atoms with Gasteiger partial charge in [0.15, 0.2) is 11.5 Å². The molecule has 0 spiro atoms. The van der Waals surface area contributed by atoms with E-state index in [9.17, 15) is 4.79 Å². The molecule has 4 nitrogen and oxygen atoms in total. The van der Waals surface area contributed by atoms with Crippen LogP contribution in [-0.2, 0) is 0 Å². The number of ether oxygens (including phenoxy) is 2. The quantitative estimate of drug-likeness (QED) is 0.373. The van der Waals surface area contributed by atoms with Crippen molar-refractivity contribution in [2.24, 2.45) is 0 Å². The van der Waals surface area contributed by atoms with Crippen molar-refractivity contribution >= 4 is 11.0 Å². The van der Waals surface area contributed by atoms with Gasteiger partial charge in [0.1, 0.15) is 18.8 Å². The summed E-state index contributed by atoms with van der Waals surface area (Å²) in [5.41, 5.74) is 2.02. The van der Waals surface area contributed by atoms with Gasteiger partial charge in [-0.3, -0.25) is 0 Å². The first-order valence-electron chi connectivity index (χ1n) is 9.30. The minimum atomic E-state index is -0.411. The summed E-state index contributed by atoms with van der Waals surface area (Å²) in [6.07, 6.45) is 14.9. The first-order valence-corrected chi connectivity index (χ1v) is 9.30. The second kappa shape index (κ2) is 11.3. The van der Waals surface area contributed by atoms with Crippen molar-refractivity contribution in [1.29, 1.82) is 0 Å². The van der Waals surface area contributed by atoms with Crippen LogP contribution in [0.2, 0.25) is 0 Å². The standard InChI is InChI=1S/C25H26O4/c1-5-8-9-12-19(4)17-27-23-15-21-13-14-25(26)29-22(21)16-24(23)28-18-20(10-6-2)11-7-3/h5-16H,1-2,17-18H2,3-4H3/b9-8-,11-7-,19-12+,20-10+. The van der Waals surface area contributed by atoms with E-state index >= 15 is 0 Å². The molecule has 0 unspecified atom stereocenters. The van der Waals surface area contributed by atoms with Gasteiger partial charge in [-0.15, -0.1) is 0 Å². The van der Waals surface area contributed by atoms with Crippen molar-refractivity contribution in [3.8, 4) is 11.5 Å². The third-order valence-corrected chi connectivity index (χ3v) is 3.88. The molecule has 2 aromatic rings. The van der Waals surface area contributed by atoms with Gasteiger partial charge in [-0.1, -0.05) is 61.8 Å². The molecule has 0 aliphatic heterocycles. The molecule has 1 aromatic carbocycles. The molecule has 0 fully saturated rings. The molecule has 0 radical (unpaired) electrons. The van der Waals surface area contributed by atoms with Crippen LogP contribution in [0.15, 0.2) is 106 Å². The van der Waals surface area contributed by atoms with Crippen LogP contribution >= 0.6 is 0 Å². The minimum Gasteiger partial charge on any atom is -0.485 e. The highest BCUT2D eigenvalue weighted by molar-refractivity contribution is 5.80. The Bertz CT molecular complexity index is 1030. The smallest absolute Gasteiger partial charge is 0.336 e. The Morgan fingerprint density at radius 3 is 2.52 bits per heavy atom. The molecule has 2 rings (SSSR count). The molecule has 0 saturated carbocycles. The fraction of sp³-hybridized carbons (Fsp3) is 0.160. The fourth-order valence-electron chi connectivity index (χ4n) is 2.52. The van der Waals surface area contributed by atoms with Gasteiger partial charge in [-0.2, -0.15) is 0 Å². The molecule has 0 atom stereocenters. The van der Waals surface area contributed by atoms with Gasteiger partial charge in [0.2, 0.25) is 0 Å². The number of allylic oxidation sites excluding steroid dienone is 7. The number of hydrogen-bond acceptors (Lipinski definition) is 4. The van der Waals surface area contributed by atoms with Gasteiger partial charge in [0, 0.05) is 17.5 Å². The second-order valence-corrected chi connectivity index (χ2v) is 6.28. The van der Waals surface area contributed by atoms with Crippen LogP contribution in [0.1, 0.15) is 13.8 Å². The third-order valence-electron chi connectivity index (χ3n) is 3.88.